The Morgan fingerprint density at radius 2 is 2.47 bits per heavy atom. The summed E-state index contributed by atoms with van der Waals surface area (Å²) in [5.74, 6) is 0. The molecule has 1 N–H and O–H groups in total. The van der Waals surface area contributed by atoms with Crippen molar-refractivity contribution in [2.45, 2.75) is 45.1 Å². The van der Waals surface area contributed by atoms with Crippen LogP contribution in [0.4, 0.5) is 0 Å². The van der Waals surface area contributed by atoms with Crippen LogP contribution in [0.1, 0.15) is 25.3 Å². The normalized spacial score (nSPS) is 26.0. The quantitative estimate of drug-likeness (QED) is 0.809. The van der Waals surface area contributed by atoms with Gasteiger partial charge in [-0.05, 0) is 26.8 Å². The van der Waals surface area contributed by atoms with E-state index in [1.807, 2.05) is 17.9 Å². The van der Waals surface area contributed by atoms with E-state index in [1.54, 1.807) is 0 Å². The highest BCUT2D eigenvalue weighted by Gasteiger charge is 2.22. The summed E-state index contributed by atoms with van der Waals surface area (Å²) in [6.45, 7) is 3.89. The number of nitrogens with zero attached hydrogens (tertiary/aromatic N) is 2. The van der Waals surface area contributed by atoms with Crippen LogP contribution in [0.15, 0.2) is 12.4 Å². The Bertz CT molecular complexity index is 311. The van der Waals surface area contributed by atoms with E-state index in [0.717, 1.165) is 19.5 Å². The van der Waals surface area contributed by atoms with Crippen LogP contribution in [0.25, 0.3) is 0 Å². The molecular weight excluding hydrogens is 190 g/mol. The summed E-state index contributed by atoms with van der Waals surface area (Å²) in [4.78, 5) is 0. The Morgan fingerprint density at radius 1 is 1.60 bits per heavy atom. The average molecular weight is 209 g/mol. The average Bonchev–Trinajstić information content (AvgIpc) is 2.78. The first-order valence-electron chi connectivity index (χ1n) is 5.59. The summed E-state index contributed by atoms with van der Waals surface area (Å²) < 4.78 is 7.74. The first-order chi connectivity index (χ1) is 7.28. The third kappa shape index (κ3) is 2.79. The molecule has 1 aromatic rings. The summed E-state index contributed by atoms with van der Waals surface area (Å²) in [5.41, 5.74) is 1.23. The van der Waals surface area contributed by atoms with Crippen molar-refractivity contribution in [2.75, 3.05) is 7.05 Å². The van der Waals surface area contributed by atoms with E-state index in [2.05, 4.69) is 23.5 Å². The predicted molar refractivity (Wildman–Crippen MR) is 58.6 cm³/mol. The first kappa shape index (κ1) is 10.6. The number of hydrogen-bond donors (Lipinski definition) is 1. The van der Waals surface area contributed by atoms with E-state index < -0.39 is 0 Å². The standard InChI is InChI=1S/C11H19N3O/c1-9-3-4-11(15-9)8-14-7-10(5-12-2)6-13-14/h6-7,9,11-12H,3-5,8H2,1-2H3. The van der Waals surface area contributed by atoms with Crippen molar-refractivity contribution in [3.05, 3.63) is 18.0 Å². The van der Waals surface area contributed by atoms with Gasteiger partial charge in [-0.15, -0.1) is 0 Å². The lowest BCUT2D eigenvalue weighted by Gasteiger charge is -2.10. The van der Waals surface area contributed by atoms with Crippen LogP contribution in [0.2, 0.25) is 0 Å². The van der Waals surface area contributed by atoms with Crippen LogP contribution in [0.3, 0.4) is 0 Å². The Labute approximate surface area is 90.6 Å². The highest BCUT2D eigenvalue weighted by atomic mass is 16.5. The second-order valence-electron chi connectivity index (χ2n) is 4.25. The first-order valence-corrected chi connectivity index (χ1v) is 5.59. The molecule has 0 saturated carbocycles. The third-order valence-electron chi connectivity index (χ3n) is 2.78. The van der Waals surface area contributed by atoms with Crippen LogP contribution < -0.4 is 5.32 Å². The minimum atomic E-state index is 0.349. The van der Waals surface area contributed by atoms with Gasteiger partial charge in [0.1, 0.15) is 0 Å². The topological polar surface area (TPSA) is 39.1 Å². The van der Waals surface area contributed by atoms with E-state index in [4.69, 9.17) is 4.74 Å². The molecule has 2 rings (SSSR count). The van der Waals surface area contributed by atoms with E-state index in [9.17, 15) is 0 Å². The molecule has 1 fully saturated rings. The molecule has 1 aromatic heterocycles. The van der Waals surface area contributed by atoms with E-state index in [1.165, 1.54) is 12.0 Å². The molecule has 0 aliphatic carbocycles. The summed E-state index contributed by atoms with van der Waals surface area (Å²) in [5, 5.41) is 7.43. The summed E-state index contributed by atoms with van der Waals surface area (Å²) in [6.07, 6.45) is 7.10. The van der Waals surface area contributed by atoms with Gasteiger partial charge in [0.15, 0.2) is 0 Å². The minimum absolute atomic E-state index is 0.349. The lowest BCUT2D eigenvalue weighted by atomic mass is 10.2. The molecule has 1 aliphatic heterocycles. The van der Waals surface area contributed by atoms with Crippen LogP contribution in [0.5, 0.6) is 0 Å². The van der Waals surface area contributed by atoms with Gasteiger partial charge in [-0.2, -0.15) is 5.10 Å². The zero-order chi connectivity index (χ0) is 10.7. The van der Waals surface area contributed by atoms with Crippen molar-refractivity contribution in [1.29, 1.82) is 0 Å². The molecule has 1 saturated heterocycles. The molecule has 2 unspecified atom stereocenters. The van der Waals surface area contributed by atoms with Gasteiger partial charge >= 0.3 is 0 Å². The molecule has 84 valence electrons. The highest BCUT2D eigenvalue weighted by molar-refractivity contribution is 5.03. The van der Waals surface area contributed by atoms with Crippen molar-refractivity contribution in [3.63, 3.8) is 0 Å². The third-order valence-corrected chi connectivity index (χ3v) is 2.78. The number of rotatable bonds is 4. The van der Waals surface area contributed by atoms with Gasteiger partial charge in [0.05, 0.1) is 24.9 Å². The van der Waals surface area contributed by atoms with Crippen molar-refractivity contribution >= 4 is 0 Å². The molecule has 4 heteroatoms. The maximum Gasteiger partial charge on any atom is 0.0775 e. The molecule has 0 bridgehead atoms. The number of ether oxygens (including phenoxy) is 1. The Kier molecular flexibility index (Phi) is 3.38. The fourth-order valence-electron chi connectivity index (χ4n) is 2.03. The van der Waals surface area contributed by atoms with E-state index >= 15 is 0 Å². The minimum Gasteiger partial charge on any atom is -0.373 e. The summed E-state index contributed by atoms with van der Waals surface area (Å²) in [7, 11) is 1.94. The maximum atomic E-state index is 5.76. The predicted octanol–water partition coefficient (Wildman–Crippen LogP) is 1.17. The fraction of sp³-hybridized carbons (Fsp3) is 0.727. The maximum absolute atomic E-state index is 5.76. The Hall–Kier alpha value is -0.870. The van der Waals surface area contributed by atoms with E-state index in [-0.39, 0.29) is 0 Å². The highest BCUT2D eigenvalue weighted by Crippen LogP contribution is 2.20. The van der Waals surface area contributed by atoms with Crippen molar-refractivity contribution in [1.82, 2.24) is 15.1 Å². The smallest absolute Gasteiger partial charge is 0.0775 e. The molecular formula is C11H19N3O. The molecule has 2 atom stereocenters. The molecule has 2 heterocycles. The van der Waals surface area contributed by atoms with Crippen molar-refractivity contribution < 1.29 is 4.74 Å². The molecule has 4 nitrogen and oxygen atoms in total. The van der Waals surface area contributed by atoms with Crippen LogP contribution >= 0.6 is 0 Å². The van der Waals surface area contributed by atoms with Crippen LogP contribution in [0, 0.1) is 0 Å². The SMILES string of the molecule is CNCc1cnn(CC2CCC(C)O2)c1. The monoisotopic (exact) mass is 209 g/mol. The molecule has 15 heavy (non-hydrogen) atoms. The lowest BCUT2D eigenvalue weighted by molar-refractivity contribution is 0.0437. The van der Waals surface area contributed by atoms with Gasteiger partial charge in [-0.1, -0.05) is 0 Å². The molecule has 0 amide bonds. The molecule has 0 aromatic carbocycles. The van der Waals surface area contributed by atoms with Crippen LogP contribution in [-0.2, 0) is 17.8 Å². The number of nitrogens with one attached hydrogen (secondary N) is 1. The molecule has 0 spiro atoms. The lowest BCUT2D eigenvalue weighted by Crippen LogP contribution is -2.16. The Balaban J connectivity index is 1.87. The molecule has 0 radical (unpaired) electrons. The zero-order valence-corrected chi connectivity index (χ0v) is 9.44. The second kappa shape index (κ2) is 4.77. The number of hydrogen-bond acceptors (Lipinski definition) is 3. The summed E-state index contributed by atoms with van der Waals surface area (Å²) in [6, 6.07) is 0. The molecule has 1 aliphatic rings. The second-order valence-corrected chi connectivity index (χ2v) is 4.25. The van der Waals surface area contributed by atoms with Gasteiger partial charge in [0, 0.05) is 18.3 Å². The Morgan fingerprint density at radius 3 is 3.13 bits per heavy atom. The summed E-state index contributed by atoms with van der Waals surface area (Å²) >= 11 is 0. The largest absolute Gasteiger partial charge is 0.373 e. The van der Waals surface area contributed by atoms with Crippen molar-refractivity contribution in [2.24, 2.45) is 0 Å². The van der Waals surface area contributed by atoms with Gasteiger partial charge in [0.2, 0.25) is 0 Å². The fourth-order valence-corrected chi connectivity index (χ4v) is 2.03. The van der Waals surface area contributed by atoms with Gasteiger partial charge in [-0.25, -0.2) is 0 Å². The van der Waals surface area contributed by atoms with Crippen LogP contribution in [-0.4, -0.2) is 29.0 Å². The van der Waals surface area contributed by atoms with Gasteiger partial charge in [-0.3, -0.25) is 4.68 Å². The van der Waals surface area contributed by atoms with E-state index in [0.29, 0.717) is 12.2 Å². The van der Waals surface area contributed by atoms with Gasteiger partial charge in [0.25, 0.3) is 0 Å². The number of aromatic nitrogens is 2. The zero-order valence-electron chi connectivity index (χ0n) is 9.44. The van der Waals surface area contributed by atoms with Gasteiger partial charge < -0.3 is 10.1 Å². The van der Waals surface area contributed by atoms with Crippen molar-refractivity contribution in [3.8, 4) is 0 Å².